The van der Waals surface area contributed by atoms with E-state index in [-0.39, 0.29) is 123 Å². The van der Waals surface area contributed by atoms with Gasteiger partial charge in [0, 0.05) is 14.2 Å². The molecule has 0 aromatic carbocycles. The largest absolute Gasteiger partial charge is 0.462 e. The molecule has 41 heavy (non-hydrogen) atoms. The molecule has 0 aliphatic rings. The highest BCUT2D eigenvalue weighted by Gasteiger charge is 2.00. The molecule has 268 valence electrons. The molecule has 0 saturated heterocycles. The minimum Gasteiger partial charge on any atom is -0.462 e. The highest BCUT2D eigenvalue weighted by Crippen LogP contribution is 1.79. The lowest BCUT2D eigenvalue weighted by molar-refractivity contribution is -0.153. The number of allylic oxidation sites excluding steroid dienone is 2. The first-order valence-electron chi connectivity index (χ1n) is 7.65. The topological polar surface area (TPSA) is 135 Å². The van der Waals surface area contributed by atoms with Crippen LogP contribution in [-0.2, 0) is 42.9 Å². The zero-order valence-corrected chi connectivity index (χ0v) is 17.1. The molecule has 0 rings (SSSR count). The van der Waals surface area contributed by atoms with Gasteiger partial charge in [-0.15, -0.1) is 6.58 Å². The molecular weight excluding hydrogens is 556 g/mol. The van der Waals surface area contributed by atoms with Gasteiger partial charge in [-0.2, -0.15) is 0 Å². The van der Waals surface area contributed by atoms with Crippen LogP contribution in [0.15, 0.2) is 25.3 Å². The first-order chi connectivity index (χ1) is 13.3. The monoisotopic (exact) mass is 637 g/mol. The zero-order chi connectivity index (χ0) is 22.6. The average Bonchev–Trinajstić information content (AvgIpc) is 2.68. The van der Waals surface area contributed by atoms with Crippen LogP contribution in [0.3, 0.4) is 0 Å². The number of ether oxygens (including phenoxy) is 5. The van der Waals surface area contributed by atoms with E-state index in [0.717, 1.165) is 6.08 Å². The number of rotatable bonds is 11. The minimum atomic E-state index is -0.618. The smallest absolute Gasteiger partial charge is 0.344 e. The molecule has 11 heteroatoms. The number of hydrogen-bond donors (Lipinski definition) is 1. The fourth-order valence-corrected chi connectivity index (χ4v) is 0.667. The van der Waals surface area contributed by atoms with Crippen molar-refractivity contribution in [1.29, 1.82) is 0 Å². The van der Waals surface area contributed by atoms with E-state index >= 15 is 0 Å². The van der Waals surface area contributed by atoms with E-state index < -0.39 is 23.8 Å². The molecule has 0 spiro atoms. The fourth-order valence-electron chi connectivity index (χ4n) is 0.667. The number of carbonyl (C=O) groups excluding carboxylic acids is 4. The van der Waals surface area contributed by atoms with Crippen LogP contribution in [0.1, 0.15) is 103 Å². The number of aliphatic hydroxyl groups is 1. The van der Waals surface area contributed by atoms with Gasteiger partial charge in [-0.1, -0.05) is 109 Å². The summed E-state index contributed by atoms with van der Waals surface area (Å²) in [6.07, 6.45) is 2.79. The second kappa shape index (κ2) is 118. The summed E-state index contributed by atoms with van der Waals surface area (Å²) in [6, 6.07) is 0. The van der Waals surface area contributed by atoms with Crippen molar-refractivity contribution in [3.63, 3.8) is 0 Å². The maximum absolute atomic E-state index is 10.5. The second-order valence-electron chi connectivity index (χ2n) is 3.91. The van der Waals surface area contributed by atoms with Crippen molar-refractivity contribution in [3.8, 4) is 0 Å². The molecule has 0 heterocycles. The molecule has 1 N–H and O–H groups in total. The molecule has 0 radical (unpaired) electrons. The third-order valence-electron chi connectivity index (χ3n) is 1.66. The summed E-state index contributed by atoms with van der Waals surface area (Å²) >= 11 is 4.71. The Hall–Kier alpha value is -2.27. The zero-order valence-electron chi connectivity index (χ0n) is 16.4. The Morgan fingerprint density at radius 1 is 0.683 bits per heavy atom. The summed E-state index contributed by atoms with van der Waals surface area (Å²) in [5.41, 5.74) is 0. The molecule has 0 bridgehead atoms. The molecule has 0 fully saturated rings. The fraction of sp³-hybridized carbons (Fsp3) is 0.733. The van der Waals surface area contributed by atoms with Gasteiger partial charge in [-0.05, 0) is 24.6 Å². The van der Waals surface area contributed by atoms with Gasteiger partial charge in [0.05, 0.1) is 13.2 Å². The third-order valence-corrected chi connectivity index (χ3v) is 1.81. The van der Waals surface area contributed by atoms with Crippen molar-refractivity contribution in [3.05, 3.63) is 25.3 Å². The van der Waals surface area contributed by atoms with Crippen LogP contribution in [0.2, 0.25) is 0 Å². The molecule has 0 atom stereocenters. The van der Waals surface area contributed by atoms with E-state index in [1.807, 2.05) is 6.92 Å². The van der Waals surface area contributed by atoms with Gasteiger partial charge in [0.1, 0.15) is 19.8 Å². The Balaban J connectivity index is -0.0000000120. The molecule has 0 amide bonds. The molecule has 0 aliphatic carbocycles. The predicted molar refractivity (Wildman–Crippen MR) is 189 cm³/mol. The molecular formula is C30H81ClO10. The number of carbonyl (C=O) groups is 4. The molecule has 0 unspecified atom stereocenters. The van der Waals surface area contributed by atoms with Gasteiger partial charge < -0.3 is 28.8 Å². The summed E-state index contributed by atoms with van der Waals surface area (Å²) in [5.74, 6) is -1.19. The van der Waals surface area contributed by atoms with Crippen molar-refractivity contribution in [1.82, 2.24) is 0 Å². The van der Waals surface area contributed by atoms with Crippen molar-refractivity contribution < 1.29 is 48.0 Å². The van der Waals surface area contributed by atoms with Gasteiger partial charge in [0.2, 0.25) is 5.24 Å². The highest BCUT2D eigenvalue weighted by atomic mass is 35.5. The van der Waals surface area contributed by atoms with Crippen LogP contribution in [0.4, 0.5) is 0 Å². The van der Waals surface area contributed by atoms with Crippen LogP contribution >= 0.6 is 11.6 Å². The number of esters is 2. The molecule has 0 aromatic rings. The maximum Gasteiger partial charge on any atom is 0.344 e. The maximum atomic E-state index is 10.5. The number of aliphatic hydroxyl groups excluding tert-OH is 1. The Bertz CT molecular complexity index is 420. The van der Waals surface area contributed by atoms with Crippen molar-refractivity contribution >= 4 is 35.3 Å². The molecule has 0 aromatic heterocycles. The van der Waals surface area contributed by atoms with E-state index in [2.05, 4.69) is 36.8 Å². The summed E-state index contributed by atoms with van der Waals surface area (Å²) < 4.78 is 22.3. The Kier molecular flexibility index (Phi) is 337. The number of methoxy groups -OCH3 is 2. The lowest BCUT2D eigenvalue weighted by Crippen LogP contribution is -2.14. The molecule has 0 aliphatic heterocycles. The lowest BCUT2D eigenvalue weighted by Gasteiger charge is -2.01. The van der Waals surface area contributed by atoms with Crippen molar-refractivity contribution in [2.75, 3.05) is 53.9 Å². The first-order valence-corrected chi connectivity index (χ1v) is 8.02. The van der Waals surface area contributed by atoms with Crippen LogP contribution in [-0.4, -0.2) is 82.6 Å². The average molecular weight is 637 g/mol. The van der Waals surface area contributed by atoms with Gasteiger partial charge >= 0.3 is 11.9 Å². The quantitative estimate of drug-likeness (QED) is 0.0445. The normalized spacial score (nSPS) is 5.49. The Labute approximate surface area is 265 Å². The SMILES string of the molecule is C.C.C.C.C.C.C.C.C.C.C.C.C.C=CC.C=CC(=O)Cl.COCCOC(=O)CO.COCCOC(=O)COC=O. The van der Waals surface area contributed by atoms with Crippen LogP contribution < -0.4 is 0 Å². The van der Waals surface area contributed by atoms with Gasteiger partial charge in [-0.25, -0.2) is 9.59 Å². The first kappa shape index (κ1) is 117. The van der Waals surface area contributed by atoms with Crippen LogP contribution in [0, 0.1) is 0 Å². The van der Waals surface area contributed by atoms with E-state index in [0.29, 0.717) is 13.2 Å². The van der Waals surface area contributed by atoms with Crippen molar-refractivity contribution in [2.24, 2.45) is 0 Å². The molecule has 0 saturated carbocycles. The van der Waals surface area contributed by atoms with Crippen molar-refractivity contribution in [2.45, 2.75) is 103 Å². The third kappa shape index (κ3) is 195. The minimum absolute atomic E-state index is 0. The number of hydrogen-bond acceptors (Lipinski definition) is 10. The summed E-state index contributed by atoms with van der Waals surface area (Å²) in [7, 11) is 3.00. The Morgan fingerprint density at radius 3 is 1.15 bits per heavy atom. The lowest BCUT2D eigenvalue weighted by atomic mass is 10.7. The Morgan fingerprint density at radius 2 is 0.951 bits per heavy atom. The van der Waals surface area contributed by atoms with Crippen LogP contribution in [0.5, 0.6) is 0 Å². The summed E-state index contributed by atoms with van der Waals surface area (Å²) in [5, 5.41) is 7.61. The number of halogens is 1. The van der Waals surface area contributed by atoms with E-state index in [1.54, 1.807) is 6.08 Å². The standard InChI is InChI=1S/C6H10O5.C5H10O4.C3H3ClO.C3H6.13CH4/c1-9-2-3-11-6(8)4-10-5-7;1-8-2-3-9-5(7)4-6;1-2-3(4)5;1-3-2;;;;;;;;;;;;;/h5H,2-4H2,1H3;6H,2-4H2,1H3;2H,1H2;3H,1H2,2H3;13*1H4. The van der Waals surface area contributed by atoms with Gasteiger partial charge in [0.15, 0.2) is 6.61 Å². The highest BCUT2D eigenvalue weighted by molar-refractivity contribution is 6.66. The van der Waals surface area contributed by atoms with Crippen LogP contribution in [0.25, 0.3) is 0 Å². The predicted octanol–water partition coefficient (Wildman–Crippen LogP) is 8.92. The molecule has 10 nitrogen and oxygen atoms in total. The van der Waals surface area contributed by atoms with E-state index in [9.17, 15) is 19.2 Å². The summed E-state index contributed by atoms with van der Waals surface area (Å²) in [4.78, 5) is 39.7. The van der Waals surface area contributed by atoms with Gasteiger partial charge in [-0.3, -0.25) is 9.59 Å². The second-order valence-corrected chi connectivity index (χ2v) is 4.28. The van der Waals surface area contributed by atoms with E-state index in [1.165, 1.54) is 14.2 Å². The summed E-state index contributed by atoms with van der Waals surface area (Å²) in [6.45, 7) is 8.70. The van der Waals surface area contributed by atoms with E-state index in [4.69, 9.17) is 16.7 Å². The van der Waals surface area contributed by atoms with Gasteiger partial charge in [0.25, 0.3) is 6.47 Å².